The van der Waals surface area contributed by atoms with Crippen LogP contribution in [0.3, 0.4) is 0 Å². The van der Waals surface area contributed by atoms with Crippen LogP contribution in [-0.2, 0) is 0 Å². The highest BCUT2D eigenvalue weighted by Crippen LogP contribution is 2.43. The average molecular weight is 963 g/mol. The van der Waals surface area contributed by atoms with Crippen LogP contribution < -0.4 is 0 Å². The van der Waals surface area contributed by atoms with E-state index in [2.05, 4.69) is 122 Å². The maximum Gasteiger partial charge on any atom is 0.164 e. The first-order chi connectivity index (χ1) is 37.0. The summed E-state index contributed by atoms with van der Waals surface area (Å²) < 4.78 is 2.38. The van der Waals surface area contributed by atoms with Crippen LogP contribution in [0.15, 0.2) is 243 Å². The Bertz CT molecular complexity index is 4000. The number of nitrogens with zero attached hydrogens (tertiary/aromatic N) is 8. The molecule has 0 atom stereocenters. The number of pyridine rings is 1. The molecule has 0 aliphatic rings. The smallest absolute Gasteiger partial charge is 0.164 e. The van der Waals surface area contributed by atoms with Gasteiger partial charge in [0.25, 0.3) is 0 Å². The Hall–Kier alpha value is -10.1. The molecule has 4 heterocycles. The molecule has 8 heteroatoms. The normalized spacial score (nSPS) is 11.3. The Labute approximate surface area is 434 Å². The van der Waals surface area contributed by atoms with Crippen LogP contribution in [0.2, 0.25) is 0 Å². The van der Waals surface area contributed by atoms with Gasteiger partial charge in [-0.25, -0.2) is 29.9 Å². The lowest BCUT2D eigenvalue weighted by Gasteiger charge is -2.18. The minimum Gasteiger partial charge on any atom is -0.309 e. The van der Waals surface area contributed by atoms with Crippen molar-refractivity contribution >= 4 is 21.8 Å². The maximum atomic E-state index is 5.25. The first-order valence-corrected chi connectivity index (χ1v) is 25.0. The van der Waals surface area contributed by atoms with Gasteiger partial charge in [0.15, 0.2) is 34.9 Å². The van der Waals surface area contributed by atoms with Crippen LogP contribution in [-0.4, -0.2) is 39.5 Å². The van der Waals surface area contributed by atoms with Gasteiger partial charge in [0.2, 0.25) is 0 Å². The second-order valence-electron chi connectivity index (χ2n) is 18.8. The summed E-state index contributed by atoms with van der Waals surface area (Å²) >= 11 is 0. The predicted octanol–water partition coefficient (Wildman–Crippen LogP) is 16.2. The van der Waals surface area contributed by atoms with E-state index >= 15 is 0 Å². The monoisotopic (exact) mass is 962 g/mol. The zero-order valence-corrected chi connectivity index (χ0v) is 41.2. The quantitative estimate of drug-likeness (QED) is 0.135. The third kappa shape index (κ3) is 8.70. The Morgan fingerprint density at radius 3 is 1.08 bits per heavy atom. The highest BCUT2D eigenvalue weighted by Gasteiger charge is 2.23. The van der Waals surface area contributed by atoms with Crippen LogP contribution in [0.4, 0.5) is 0 Å². The van der Waals surface area contributed by atoms with E-state index < -0.39 is 0 Å². The van der Waals surface area contributed by atoms with Crippen molar-refractivity contribution in [3.8, 4) is 107 Å². The van der Waals surface area contributed by atoms with Gasteiger partial charge in [-0.3, -0.25) is 4.98 Å². The van der Waals surface area contributed by atoms with E-state index in [0.29, 0.717) is 34.9 Å². The molecule has 0 aliphatic carbocycles. The van der Waals surface area contributed by atoms with Crippen molar-refractivity contribution in [1.29, 1.82) is 0 Å². The van der Waals surface area contributed by atoms with Gasteiger partial charge in [-0.05, 0) is 84.6 Å². The highest BCUT2D eigenvalue weighted by atomic mass is 15.0. The largest absolute Gasteiger partial charge is 0.309 e. The van der Waals surface area contributed by atoms with E-state index in [9.17, 15) is 0 Å². The summed E-state index contributed by atoms with van der Waals surface area (Å²) in [5.41, 5.74) is 16.9. The van der Waals surface area contributed by atoms with Gasteiger partial charge < -0.3 is 4.57 Å². The molecule has 13 rings (SSSR count). The predicted molar refractivity (Wildman–Crippen MR) is 304 cm³/mol. The van der Waals surface area contributed by atoms with E-state index in [4.69, 9.17) is 34.9 Å². The van der Waals surface area contributed by atoms with Crippen molar-refractivity contribution in [3.05, 3.63) is 254 Å². The van der Waals surface area contributed by atoms with Gasteiger partial charge in [-0.2, -0.15) is 0 Å². The Balaban J connectivity index is 1.09. The molecule has 0 fully saturated rings. The minimum atomic E-state index is 0.516. The zero-order chi connectivity index (χ0) is 50.2. The molecule has 0 radical (unpaired) electrons. The summed E-state index contributed by atoms with van der Waals surface area (Å²) in [5.74, 6) is 3.35. The Morgan fingerprint density at radius 1 is 0.280 bits per heavy atom. The summed E-state index contributed by atoms with van der Waals surface area (Å²) in [6.07, 6.45) is 3.73. The van der Waals surface area contributed by atoms with Gasteiger partial charge in [-0.15, -0.1) is 0 Å². The molecule has 0 unspecified atom stereocenters. The summed E-state index contributed by atoms with van der Waals surface area (Å²) in [5, 5.41) is 2.27. The van der Waals surface area contributed by atoms with Gasteiger partial charge in [0.1, 0.15) is 0 Å². The number of fused-ring (bicyclic) bond motifs is 3. The van der Waals surface area contributed by atoms with Gasteiger partial charge in [0, 0.05) is 67.7 Å². The van der Waals surface area contributed by atoms with Crippen LogP contribution in [0.5, 0.6) is 0 Å². The van der Waals surface area contributed by atoms with Crippen molar-refractivity contribution in [3.63, 3.8) is 0 Å². The van der Waals surface area contributed by atoms with Crippen LogP contribution in [0, 0.1) is 13.8 Å². The average Bonchev–Trinajstić information content (AvgIpc) is 3.84. The molecule has 9 aromatic carbocycles. The molecule has 13 aromatic rings. The standard InChI is InChI=1S/C67H46N8/c1-43-23-27-45(28-24-43)51-31-34-59-55(39-51)56-40-52(46-29-25-44(2)26-30-46)32-35-60(56)75(59)61-36-33-53(66-71-62(47-15-7-3-8-16-47)69-63(72-66)48-17-9-4-10-18-48)41-57(61)58-42-68-38-37-54(58)67-73-64(49-19-11-5-12-20-49)70-65(74-67)50-21-13-6-14-22-50/h3-42H,1-2H3. The number of hydrogen-bond donors (Lipinski definition) is 0. The molecule has 0 saturated carbocycles. The second kappa shape index (κ2) is 19.2. The molecule has 0 N–H and O–H groups in total. The van der Waals surface area contributed by atoms with Gasteiger partial charge in [0.05, 0.1) is 16.7 Å². The minimum absolute atomic E-state index is 0.516. The third-order valence-electron chi connectivity index (χ3n) is 13.8. The van der Waals surface area contributed by atoms with E-state index in [1.165, 1.54) is 11.1 Å². The summed E-state index contributed by atoms with van der Waals surface area (Å²) in [6, 6.07) is 79.9. The lowest BCUT2D eigenvalue weighted by atomic mass is 9.96. The lowest BCUT2D eigenvalue weighted by molar-refractivity contribution is 1.07. The molecule has 354 valence electrons. The summed E-state index contributed by atoms with van der Waals surface area (Å²) in [6.45, 7) is 4.25. The molecule has 4 aromatic heterocycles. The summed E-state index contributed by atoms with van der Waals surface area (Å²) in [4.78, 5) is 35.8. The first-order valence-electron chi connectivity index (χ1n) is 25.0. The molecular weight excluding hydrogens is 917 g/mol. The van der Waals surface area contributed by atoms with Gasteiger partial charge in [-0.1, -0.05) is 193 Å². The van der Waals surface area contributed by atoms with Crippen molar-refractivity contribution in [2.45, 2.75) is 13.8 Å². The molecule has 0 amide bonds. The molecule has 0 spiro atoms. The fourth-order valence-corrected chi connectivity index (χ4v) is 9.89. The van der Waals surface area contributed by atoms with Crippen LogP contribution >= 0.6 is 0 Å². The number of aryl methyl sites for hydroxylation is 2. The molecule has 0 saturated heterocycles. The maximum absolute atomic E-state index is 5.25. The molecule has 0 bridgehead atoms. The number of aromatic nitrogens is 8. The Kier molecular flexibility index (Phi) is 11.5. The first kappa shape index (κ1) is 44.9. The van der Waals surface area contributed by atoms with E-state index in [0.717, 1.165) is 94.3 Å². The lowest BCUT2D eigenvalue weighted by Crippen LogP contribution is -2.04. The third-order valence-corrected chi connectivity index (χ3v) is 13.8. The van der Waals surface area contributed by atoms with E-state index in [1.54, 1.807) is 6.20 Å². The van der Waals surface area contributed by atoms with Crippen molar-refractivity contribution < 1.29 is 0 Å². The fraction of sp³-hybridized carbons (Fsp3) is 0.0299. The van der Waals surface area contributed by atoms with Crippen molar-refractivity contribution in [2.75, 3.05) is 0 Å². The van der Waals surface area contributed by atoms with Crippen molar-refractivity contribution in [1.82, 2.24) is 39.5 Å². The van der Waals surface area contributed by atoms with Crippen LogP contribution in [0.1, 0.15) is 11.1 Å². The number of rotatable bonds is 10. The second-order valence-corrected chi connectivity index (χ2v) is 18.8. The zero-order valence-electron chi connectivity index (χ0n) is 41.2. The van der Waals surface area contributed by atoms with Crippen LogP contribution in [0.25, 0.3) is 129 Å². The highest BCUT2D eigenvalue weighted by molar-refractivity contribution is 6.12. The molecule has 0 aliphatic heterocycles. The van der Waals surface area contributed by atoms with E-state index in [1.807, 2.05) is 134 Å². The van der Waals surface area contributed by atoms with Crippen molar-refractivity contribution in [2.24, 2.45) is 0 Å². The molecule has 75 heavy (non-hydrogen) atoms. The number of benzene rings is 9. The number of hydrogen-bond acceptors (Lipinski definition) is 7. The molecular formula is C67H46N8. The van der Waals surface area contributed by atoms with E-state index in [-0.39, 0.29) is 0 Å². The Morgan fingerprint density at radius 2 is 0.653 bits per heavy atom. The summed E-state index contributed by atoms with van der Waals surface area (Å²) in [7, 11) is 0. The molecule has 8 nitrogen and oxygen atoms in total. The topological polar surface area (TPSA) is 95.2 Å². The van der Waals surface area contributed by atoms with Gasteiger partial charge >= 0.3 is 0 Å². The SMILES string of the molecule is Cc1ccc(-c2ccc3c(c2)c2cc(-c4ccc(C)cc4)ccc2n3-c2ccc(-c3nc(-c4ccccc4)nc(-c4ccccc4)n3)cc2-c2cnccc2-c2nc(-c3ccccc3)nc(-c3ccccc3)n2)cc1. The fourth-order valence-electron chi connectivity index (χ4n) is 9.89.